The summed E-state index contributed by atoms with van der Waals surface area (Å²) in [6, 6.07) is 13.4. The number of halogens is 1. The van der Waals surface area contributed by atoms with Crippen LogP contribution in [0.1, 0.15) is 45.2 Å². The monoisotopic (exact) mass is 392 g/mol. The normalized spacial score (nSPS) is 12.9. The molecule has 0 fully saturated rings. The minimum Gasteiger partial charge on any atom is -0.323 e. The fourth-order valence-corrected chi connectivity index (χ4v) is 3.53. The summed E-state index contributed by atoms with van der Waals surface area (Å²) in [6.45, 7) is 2.51. The maximum atomic E-state index is 13.9. The van der Waals surface area contributed by atoms with E-state index in [1.807, 2.05) is 31.2 Å². The number of carbonyl (C=O) groups is 2. The van der Waals surface area contributed by atoms with Gasteiger partial charge in [-0.3, -0.25) is 9.59 Å². The molecule has 0 unspecified atom stereocenters. The highest BCUT2D eigenvalue weighted by molar-refractivity contribution is 6.07. The number of carbonyl (C=O) groups excluding carboxylic acids is 2. The van der Waals surface area contributed by atoms with E-state index in [4.69, 9.17) is 0 Å². The Labute approximate surface area is 167 Å². The molecule has 3 aromatic rings. The summed E-state index contributed by atoms with van der Waals surface area (Å²) < 4.78 is 15.7. The molecule has 0 atom stereocenters. The first-order valence-corrected chi connectivity index (χ1v) is 9.57. The molecule has 0 aliphatic carbocycles. The molecule has 0 saturated heterocycles. The Kier molecular flexibility index (Phi) is 5.12. The van der Waals surface area contributed by atoms with E-state index in [1.165, 1.54) is 12.1 Å². The maximum absolute atomic E-state index is 13.9. The zero-order chi connectivity index (χ0) is 20.4. The number of amides is 2. The molecule has 1 aliphatic heterocycles. The molecule has 0 bridgehead atoms. The summed E-state index contributed by atoms with van der Waals surface area (Å²) in [4.78, 5) is 30.1. The van der Waals surface area contributed by atoms with E-state index in [0.717, 1.165) is 24.1 Å². The fourth-order valence-electron chi connectivity index (χ4n) is 3.53. The predicted octanol–water partition coefficient (Wildman–Crippen LogP) is 4.17. The number of benzene rings is 2. The number of aromatic nitrogens is 2. The summed E-state index contributed by atoms with van der Waals surface area (Å²) in [6.07, 6.45) is 2.48. The van der Waals surface area contributed by atoms with Gasteiger partial charge in [0, 0.05) is 12.2 Å². The summed E-state index contributed by atoms with van der Waals surface area (Å²) in [5, 5.41) is 5.44. The van der Waals surface area contributed by atoms with Gasteiger partial charge in [0.15, 0.2) is 11.5 Å². The van der Waals surface area contributed by atoms with Crippen LogP contribution < -0.4 is 10.6 Å². The van der Waals surface area contributed by atoms with Crippen LogP contribution >= 0.6 is 0 Å². The summed E-state index contributed by atoms with van der Waals surface area (Å²) in [7, 11) is 0. The van der Waals surface area contributed by atoms with Gasteiger partial charge in [0.25, 0.3) is 11.8 Å². The van der Waals surface area contributed by atoms with Crippen molar-refractivity contribution in [2.45, 2.75) is 32.7 Å². The van der Waals surface area contributed by atoms with Crippen molar-refractivity contribution in [3.8, 4) is 0 Å². The minimum absolute atomic E-state index is 0.0802. The third kappa shape index (κ3) is 3.76. The minimum atomic E-state index is -0.534. The fraction of sp³-hybridized carbons (Fsp3) is 0.227. The molecule has 0 saturated carbocycles. The van der Waals surface area contributed by atoms with Crippen molar-refractivity contribution in [3.63, 3.8) is 0 Å². The van der Waals surface area contributed by atoms with Crippen LogP contribution in [-0.2, 0) is 13.0 Å². The number of hydrogen-bond acceptors (Lipinski definition) is 3. The van der Waals surface area contributed by atoms with E-state index in [2.05, 4.69) is 15.6 Å². The molecule has 2 aromatic carbocycles. The highest BCUT2D eigenvalue weighted by Gasteiger charge is 2.28. The largest absolute Gasteiger partial charge is 0.323 e. The summed E-state index contributed by atoms with van der Waals surface area (Å²) >= 11 is 0. The van der Waals surface area contributed by atoms with Gasteiger partial charge in [-0.1, -0.05) is 30.3 Å². The van der Waals surface area contributed by atoms with Crippen LogP contribution in [0.5, 0.6) is 0 Å². The highest BCUT2D eigenvalue weighted by Crippen LogP contribution is 2.24. The van der Waals surface area contributed by atoms with Gasteiger partial charge in [0.05, 0.1) is 11.4 Å². The molecule has 29 heavy (non-hydrogen) atoms. The molecular formula is C22H21FN4O2. The lowest BCUT2D eigenvalue weighted by atomic mass is 10.1. The average Bonchev–Trinajstić information content (AvgIpc) is 3.11. The second-order valence-corrected chi connectivity index (χ2v) is 7.04. The second kappa shape index (κ2) is 7.87. The van der Waals surface area contributed by atoms with Gasteiger partial charge < -0.3 is 15.2 Å². The first kappa shape index (κ1) is 18.9. The number of anilines is 2. The molecule has 6 nitrogen and oxygen atoms in total. The van der Waals surface area contributed by atoms with E-state index in [1.54, 1.807) is 16.7 Å². The Morgan fingerprint density at radius 2 is 1.66 bits per heavy atom. The lowest BCUT2D eigenvalue weighted by molar-refractivity contribution is 0.101. The molecule has 2 heterocycles. The lowest BCUT2D eigenvalue weighted by Crippen LogP contribution is -2.21. The van der Waals surface area contributed by atoms with Gasteiger partial charge in [-0.2, -0.15) is 0 Å². The van der Waals surface area contributed by atoms with Crippen LogP contribution in [0, 0.1) is 12.7 Å². The third-order valence-electron chi connectivity index (χ3n) is 5.05. The highest BCUT2D eigenvalue weighted by atomic mass is 19.1. The van der Waals surface area contributed by atoms with Crippen LogP contribution in [-0.4, -0.2) is 21.4 Å². The second-order valence-electron chi connectivity index (χ2n) is 7.04. The SMILES string of the molecule is Cc1ccccc1NC(=O)c1nc(C(=O)Nc2ccccc2F)n2c1CCCC2. The Balaban J connectivity index is 1.65. The number of rotatable bonds is 4. The van der Waals surface area contributed by atoms with Gasteiger partial charge in [0.2, 0.25) is 0 Å². The Morgan fingerprint density at radius 1 is 0.966 bits per heavy atom. The molecule has 4 rings (SSSR count). The maximum Gasteiger partial charge on any atom is 0.291 e. The molecule has 1 aliphatic rings. The van der Waals surface area contributed by atoms with Crippen LogP contribution in [0.2, 0.25) is 0 Å². The summed E-state index contributed by atoms with van der Waals surface area (Å²) in [5.74, 6) is -1.29. The Hall–Kier alpha value is -3.48. The van der Waals surface area contributed by atoms with E-state index < -0.39 is 11.7 Å². The van der Waals surface area contributed by atoms with E-state index in [9.17, 15) is 14.0 Å². The van der Waals surface area contributed by atoms with E-state index in [0.29, 0.717) is 18.7 Å². The van der Waals surface area contributed by atoms with E-state index >= 15 is 0 Å². The van der Waals surface area contributed by atoms with Gasteiger partial charge >= 0.3 is 0 Å². The van der Waals surface area contributed by atoms with Gasteiger partial charge in [0.1, 0.15) is 5.82 Å². The number of fused-ring (bicyclic) bond motifs is 1. The lowest BCUT2D eigenvalue weighted by Gasteiger charge is -2.17. The van der Waals surface area contributed by atoms with Crippen LogP contribution in [0.3, 0.4) is 0 Å². The van der Waals surface area contributed by atoms with Crippen molar-refractivity contribution in [2.75, 3.05) is 10.6 Å². The predicted molar refractivity (Wildman–Crippen MR) is 109 cm³/mol. The Bertz CT molecular complexity index is 1010. The molecule has 148 valence electrons. The van der Waals surface area contributed by atoms with Crippen LogP contribution in [0.15, 0.2) is 48.5 Å². The molecule has 2 N–H and O–H groups in total. The van der Waals surface area contributed by atoms with Crippen LogP contribution in [0.4, 0.5) is 15.8 Å². The number of aryl methyl sites for hydroxylation is 1. The molecular weight excluding hydrogens is 371 g/mol. The van der Waals surface area contributed by atoms with Crippen molar-refractivity contribution in [3.05, 3.63) is 77.1 Å². The van der Waals surface area contributed by atoms with Crippen LogP contribution in [0.25, 0.3) is 0 Å². The number of nitrogens with zero attached hydrogens (tertiary/aromatic N) is 2. The standard InChI is InChI=1S/C22H21FN4O2/c1-14-8-2-4-10-16(14)24-21(28)19-18-12-6-7-13-27(18)20(26-19)22(29)25-17-11-5-3-9-15(17)23/h2-5,8-11H,6-7,12-13H2,1H3,(H,24,28)(H,25,29). The molecule has 7 heteroatoms. The van der Waals surface area contributed by atoms with Crippen molar-refractivity contribution in [1.82, 2.24) is 9.55 Å². The van der Waals surface area contributed by atoms with Gasteiger partial charge in [-0.25, -0.2) is 9.37 Å². The zero-order valence-corrected chi connectivity index (χ0v) is 16.0. The molecule has 1 aromatic heterocycles. The third-order valence-corrected chi connectivity index (χ3v) is 5.05. The van der Waals surface area contributed by atoms with Crippen molar-refractivity contribution < 1.29 is 14.0 Å². The first-order chi connectivity index (χ1) is 14.0. The molecule has 0 spiro atoms. The Morgan fingerprint density at radius 3 is 2.41 bits per heavy atom. The quantitative estimate of drug-likeness (QED) is 0.700. The van der Waals surface area contributed by atoms with Gasteiger partial charge in [-0.15, -0.1) is 0 Å². The first-order valence-electron chi connectivity index (χ1n) is 9.57. The zero-order valence-electron chi connectivity index (χ0n) is 16.0. The van der Waals surface area contributed by atoms with Crippen molar-refractivity contribution in [1.29, 1.82) is 0 Å². The molecule has 2 amide bonds. The number of imidazole rings is 1. The van der Waals surface area contributed by atoms with E-state index in [-0.39, 0.29) is 23.1 Å². The average molecular weight is 392 g/mol. The topological polar surface area (TPSA) is 76.0 Å². The number of nitrogens with one attached hydrogen (secondary N) is 2. The van der Waals surface area contributed by atoms with Gasteiger partial charge in [-0.05, 0) is 49.9 Å². The summed E-state index contributed by atoms with van der Waals surface area (Å²) in [5.41, 5.74) is 2.70. The number of hydrogen-bond donors (Lipinski definition) is 2. The van der Waals surface area contributed by atoms with Crippen molar-refractivity contribution >= 4 is 23.2 Å². The number of para-hydroxylation sites is 2. The smallest absolute Gasteiger partial charge is 0.291 e. The van der Waals surface area contributed by atoms with Crippen molar-refractivity contribution in [2.24, 2.45) is 0 Å². The molecule has 0 radical (unpaired) electrons.